The first-order valence-corrected chi connectivity index (χ1v) is 15.0. The van der Waals surface area contributed by atoms with Crippen LogP contribution in [-0.4, -0.2) is 67.2 Å². The lowest BCUT2D eigenvalue weighted by atomic mass is 9.87. The van der Waals surface area contributed by atoms with Crippen molar-refractivity contribution in [2.45, 2.75) is 32.4 Å². The minimum Gasteiger partial charge on any atom is -0.497 e. The lowest BCUT2D eigenvalue weighted by molar-refractivity contribution is -0.126. The first-order chi connectivity index (χ1) is 20.8. The Kier molecular flexibility index (Phi) is 8.21. The molecule has 43 heavy (non-hydrogen) atoms. The van der Waals surface area contributed by atoms with Gasteiger partial charge in [0.15, 0.2) is 11.6 Å². The van der Waals surface area contributed by atoms with E-state index in [1.165, 1.54) is 11.9 Å². The molecule has 2 aliphatic carbocycles. The van der Waals surface area contributed by atoms with Gasteiger partial charge in [0.25, 0.3) is 0 Å². The molecule has 226 valence electrons. The minimum absolute atomic E-state index is 0.0543. The second-order valence-corrected chi connectivity index (χ2v) is 12.0. The van der Waals surface area contributed by atoms with E-state index in [0.717, 1.165) is 55.2 Å². The topological polar surface area (TPSA) is 94.6 Å². The Bertz CT molecular complexity index is 1490. The number of nitrogens with zero attached hydrogens (tertiary/aromatic N) is 4. The van der Waals surface area contributed by atoms with Crippen molar-refractivity contribution >= 4 is 29.0 Å². The molecule has 2 fully saturated rings. The zero-order valence-corrected chi connectivity index (χ0v) is 25.2. The van der Waals surface area contributed by atoms with Crippen LogP contribution in [0.1, 0.15) is 30.5 Å². The van der Waals surface area contributed by atoms with Crippen LogP contribution >= 0.6 is 0 Å². The summed E-state index contributed by atoms with van der Waals surface area (Å²) in [6, 6.07) is 13.4. The van der Waals surface area contributed by atoms with Crippen molar-refractivity contribution in [3.63, 3.8) is 0 Å². The number of hydrogen-bond acceptors (Lipinski definition) is 8. The van der Waals surface area contributed by atoms with Crippen LogP contribution in [0.15, 0.2) is 60.8 Å². The highest BCUT2D eigenvalue weighted by Crippen LogP contribution is 2.45. The summed E-state index contributed by atoms with van der Waals surface area (Å²) in [6.07, 6.45) is 6.26. The zero-order valence-electron chi connectivity index (χ0n) is 25.2. The van der Waals surface area contributed by atoms with Crippen LogP contribution in [0.4, 0.5) is 27.5 Å². The monoisotopic (exact) mass is 585 g/mol. The highest BCUT2D eigenvalue weighted by molar-refractivity contribution is 5.82. The molecule has 0 radical (unpaired) electrons. The smallest absolute Gasteiger partial charge is 0.229 e. The third kappa shape index (κ3) is 6.15. The molecule has 1 saturated carbocycles. The average molecular weight is 586 g/mol. The summed E-state index contributed by atoms with van der Waals surface area (Å²) in [6.45, 7) is 8.14. The molecule has 1 aromatic heterocycles. The van der Waals surface area contributed by atoms with Gasteiger partial charge in [-0.3, -0.25) is 4.79 Å². The molecule has 5 atom stereocenters. The highest BCUT2D eigenvalue weighted by atomic mass is 19.1. The largest absolute Gasteiger partial charge is 0.497 e. The summed E-state index contributed by atoms with van der Waals surface area (Å²) in [5, 5.41) is 9.70. The van der Waals surface area contributed by atoms with Crippen LogP contribution in [-0.2, 0) is 4.79 Å². The Morgan fingerprint density at radius 2 is 1.81 bits per heavy atom. The van der Waals surface area contributed by atoms with Gasteiger partial charge in [-0.1, -0.05) is 24.3 Å². The number of rotatable bonds is 9. The van der Waals surface area contributed by atoms with E-state index in [9.17, 15) is 4.79 Å². The van der Waals surface area contributed by atoms with Gasteiger partial charge >= 0.3 is 0 Å². The number of halogens is 1. The minimum atomic E-state index is -0.551. The number of ether oxygens (including phenoxy) is 1. The van der Waals surface area contributed by atoms with E-state index in [4.69, 9.17) is 4.74 Å². The third-order valence-electron chi connectivity index (χ3n) is 9.08. The standard InChI is InChI=1S/C33H40FN7O2/c1-20-17-25(9-12-28(20)41-15-13-40(3)14-16-41)37-33-35-19-27(34)31(39-33)38-30-24-6-5-23(18-24)29(30)32(42)36-21(2)22-7-10-26(43-4)11-8-22/h5-12,17,19,21,23-24,29-30H,13-16,18H2,1-4H3,(H,36,42)(H2,35,37,38,39)/t21?,23-,24+,29+,30-/m1/s1. The van der Waals surface area contributed by atoms with Crippen LogP contribution in [0.25, 0.3) is 0 Å². The van der Waals surface area contributed by atoms with E-state index >= 15 is 4.39 Å². The summed E-state index contributed by atoms with van der Waals surface area (Å²) in [5.41, 5.74) is 4.19. The van der Waals surface area contributed by atoms with Crippen molar-refractivity contribution in [2.75, 3.05) is 55.9 Å². The van der Waals surface area contributed by atoms with E-state index in [1.54, 1.807) is 7.11 Å². The predicted molar refractivity (Wildman–Crippen MR) is 167 cm³/mol. The zero-order chi connectivity index (χ0) is 30.1. The fraction of sp³-hybridized carbons (Fsp3) is 0.424. The summed E-state index contributed by atoms with van der Waals surface area (Å²) in [5.74, 6) is 0.418. The van der Waals surface area contributed by atoms with Gasteiger partial charge in [-0.05, 0) is 80.6 Å². The van der Waals surface area contributed by atoms with Gasteiger partial charge in [-0.2, -0.15) is 4.98 Å². The third-order valence-corrected chi connectivity index (χ3v) is 9.08. The maximum atomic E-state index is 15.0. The molecule has 9 nitrogen and oxygen atoms in total. The Morgan fingerprint density at radius 3 is 2.53 bits per heavy atom. The van der Waals surface area contributed by atoms with Gasteiger partial charge in [0.05, 0.1) is 25.3 Å². The molecule has 2 bridgehead atoms. The van der Waals surface area contributed by atoms with Gasteiger partial charge in [-0.25, -0.2) is 9.37 Å². The number of methoxy groups -OCH3 is 1. The number of anilines is 4. The number of carbonyl (C=O) groups is 1. The molecule has 2 aromatic carbocycles. The van der Waals surface area contributed by atoms with Crippen molar-refractivity contribution in [1.29, 1.82) is 0 Å². The van der Waals surface area contributed by atoms with Crippen LogP contribution < -0.4 is 25.6 Å². The summed E-state index contributed by atoms with van der Waals surface area (Å²) < 4.78 is 20.3. The van der Waals surface area contributed by atoms with Gasteiger partial charge in [0.1, 0.15) is 5.75 Å². The van der Waals surface area contributed by atoms with Crippen molar-refractivity contribution < 1.29 is 13.9 Å². The van der Waals surface area contributed by atoms with E-state index in [-0.39, 0.29) is 41.6 Å². The van der Waals surface area contributed by atoms with Crippen LogP contribution in [0, 0.1) is 30.5 Å². The van der Waals surface area contributed by atoms with Crippen molar-refractivity contribution in [2.24, 2.45) is 17.8 Å². The molecule has 6 rings (SSSR count). The summed E-state index contributed by atoms with van der Waals surface area (Å²) in [7, 11) is 3.78. The molecule has 3 aliphatic rings. The van der Waals surface area contributed by atoms with E-state index < -0.39 is 5.82 Å². The maximum absolute atomic E-state index is 15.0. The number of nitrogens with one attached hydrogen (secondary N) is 3. The Balaban J connectivity index is 1.14. The fourth-order valence-electron chi connectivity index (χ4n) is 6.61. The normalized spacial score (nSPS) is 23.7. The lowest BCUT2D eigenvalue weighted by Crippen LogP contribution is -2.44. The van der Waals surface area contributed by atoms with Gasteiger partial charge < -0.3 is 30.5 Å². The molecular formula is C33H40FN7O2. The lowest BCUT2D eigenvalue weighted by Gasteiger charge is -2.35. The van der Waals surface area contributed by atoms with E-state index in [2.05, 4.69) is 74.0 Å². The molecular weight excluding hydrogens is 545 g/mol. The number of fused-ring (bicyclic) bond motifs is 2. The molecule has 10 heteroatoms. The quantitative estimate of drug-likeness (QED) is 0.305. The van der Waals surface area contributed by atoms with Crippen LogP contribution in [0.3, 0.4) is 0 Å². The molecule has 0 spiro atoms. The SMILES string of the molecule is COc1ccc(C(C)NC(=O)[C@@H]2[C@H](Nc3nc(Nc4ccc(N5CCN(C)CC5)c(C)c4)ncc3F)[C@H]3C=C[C@@H]2C3)cc1. The number of benzene rings is 2. The number of aryl methyl sites for hydroxylation is 1. The molecule has 2 heterocycles. The Labute approximate surface area is 252 Å². The fourth-order valence-corrected chi connectivity index (χ4v) is 6.61. The maximum Gasteiger partial charge on any atom is 0.229 e. The number of likely N-dealkylation sites (N-methyl/N-ethyl adjacent to an activating group) is 1. The number of carbonyl (C=O) groups excluding carboxylic acids is 1. The van der Waals surface area contributed by atoms with Crippen LogP contribution in [0.2, 0.25) is 0 Å². The summed E-state index contributed by atoms with van der Waals surface area (Å²) in [4.78, 5) is 27.0. The molecule has 1 amide bonds. The summed E-state index contributed by atoms with van der Waals surface area (Å²) >= 11 is 0. The molecule has 3 N–H and O–H groups in total. The van der Waals surface area contributed by atoms with Gasteiger partial charge in [0, 0.05) is 43.6 Å². The Hall–Kier alpha value is -4.18. The van der Waals surface area contributed by atoms with Gasteiger partial charge in [0.2, 0.25) is 11.9 Å². The molecule has 1 aliphatic heterocycles. The van der Waals surface area contributed by atoms with Gasteiger partial charge in [-0.15, -0.1) is 0 Å². The first kappa shape index (κ1) is 28.9. The second kappa shape index (κ2) is 12.2. The number of amides is 1. The predicted octanol–water partition coefficient (Wildman–Crippen LogP) is 4.91. The first-order valence-electron chi connectivity index (χ1n) is 15.0. The molecule has 3 aromatic rings. The van der Waals surface area contributed by atoms with Crippen LogP contribution in [0.5, 0.6) is 5.75 Å². The van der Waals surface area contributed by atoms with Crippen molar-refractivity contribution in [3.05, 3.63) is 77.8 Å². The number of allylic oxidation sites excluding steroid dienone is 1. The van der Waals surface area contributed by atoms with E-state index in [1.807, 2.05) is 37.3 Å². The number of aromatic nitrogens is 2. The number of piperazine rings is 1. The molecule has 1 unspecified atom stereocenters. The van der Waals surface area contributed by atoms with E-state index in [0.29, 0.717) is 5.95 Å². The Morgan fingerprint density at radius 1 is 1.07 bits per heavy atom. The second-order valence-electron chi connectivity index (χ2n) is 12.0. The highest BCUT2D eigenvalue weighted by Gasteiger charge is 2.48. The molecule has 1 saturated heterocycles. The van der Waals surface area contributed by atoms with Crippen molar-refractivity contribution in [3.8, 4) is 5.75 Å². The van der Waals surface area contributed by atoms with Crippen molar-refractivity contribution in [1.82, 2.24) is 20.2 Å². The average Bonchev–Trinajstić information content (AvgIpc) is 3.62. The number of hydrogen-bond donors (Lipinski definition) is 3.